The monoisotopic (exact) mass is 393 g/mol. The maximum atomic E-state index is 12.2. The van der Waals surface area contributed by atoms with Crippen LogP contribution in [0.2, 0.25) is 0 Å². The molecule has 2 heterocycles. The Hall–Kier alpha value is -1.27. The Morgan fingerprint density at radius 2 is 2.13 bits per heavy atom. The van der Waals surface area contributed by atoms with Crippen LogP contribution < -0.4 is 5.32 Å². The summed E-state index contributed by atoms with van der Waals surface area (Å²) in [6, 6.07) is 8.24. The molecule has 0 spiro atoms. The third kappa shape index (κ3) is 3.80. The number of nitrogens with one attached hydrogen (secondary N) is 1. The van der Waals surface area contributed by atoms with Crippen molar-refractivity contribution < 1.29 is 4.79 Å². The van der Waals surface area contributed by atoms with Gasteiger partial charge in [-0.25, -0.2) is 4.98 Å². The molecule has 6 heteroatoms. The van der Waals surface area contributed by atoms with Crippen LogP contribution in [-0.2, 0) is 11.3 Å². The Labute approximate surface area is 149 Å². The predicted molar refractivity (Wildman–Crippen MR) is 97.5 cm³/mol. The Morgan fingerprint density at radius 3 is 2.87 bits per heavy atom. The summed E-state index contributed by atoms with van der Waals surface area (Å²) in [7, 11) is 0. The van der Waals surface area contributed by atoms with Crippen LogP contribution in [0, 0.1) is 0 Å². The van der Waals surface area contributed by atoms with Crippen molar-refractivity contribution in [1.29, 1.82) is 0 Å². The zero-order valence-electron chi connectivity index (χ0n) is 13.1. The Balaban J connectivity index is 1.85. The van der Waals surface area contributed by atoms with E-state index in [0.717, 1.165) is 53.2 Å². The first-order valence-corrected chi connectivity index (χ1v) is 9.62. The van der Waals surface area contributed by atoms with Crippen LogP contribution >= 0.6 is 27.7 Å². The van der Waals surface area contributed by atoms with E-state index in [9.17, 15) is 4.79 Å². The first-order valence-electron chi connectivity index (χ1n) is 7.95. The van der Waals surface area contributed by atoms with Gasteiger partial charge in [0.2, 0.25) is 5.91 Å². The van der Waals surface area contributed by atoms with Crippen molar-refractivity contribution in [3.8, 4) is 11.3 Å². The average molecular weight is 394 g/mol. The van der Waals surface area contributed by atoms with Crippen molar-refractivity contribution in [2.45, 2.75) is 43.1 Å². The summed E-state index contributed by atoms with van der Waals surface area (Å²) in [6.45, 7) is 3.74. The van der Waals surface area contributed by atoms with Crippen LogP contribution in [-0.4, -0.2) is 27.3 Å². The highest BCUT2D eigenvalue weighted by molar-refractivity contribution is 9.10. The lowest BCUT2D eigenvalue weighted by Crippen LogP contribution is -2.30. The Bertz CT molecular complexity index is 684. The number of nitrogens with zero attached hydrogens (tertiary/aromatic N) is 2. The van der Waals surface area contributed by atoms with E-state index >= 15 is 0 Å². The van der Waals surface area contributed by atoms with E-state index in [1.165, 1.54) is 0 Å². The van der Waals surface area contributed by atoms with Gasteiger partial charge in [-0.1, -0.05) is 46.2 Å². The van der Waals surface area contributed by atoms with Gasteiger partial charge >= 0.3 is 0 Å². The summed E-state index contributed by atoms with van der Waals surface area (Å²) < 4.78 is 3.25. The Morgan fingerprint density at radius 1 is 1.35 bits per heavy atom. The van der Waals surface area contributed by atoms with E-state index in [1.807, 2.05) is 18.3 Å². The van der Waals surface area contributed by atoms with E-state index in [1.54, 1.807) is 11.8 Å². The number of benzene rings is 1. The summed E-state index contributed by atoms with van der Waals surface area (Å²) >= 11 is 5.05. The number of carbonyl (C=O) groups is 1. The standard InChI is InChI=1S/C17H20BrN3OS/c1-2-21-14(12-6-8-13(18)9-7-12)11-20-17(21)23-15-5-3-4-10-19-16(15)22/h6-9,11,15H,2-5,10H2,1H3,(H,19,22)/t15-/m1/s1. The van der Waals surface area contributed by atoms with Crippen molar-refractivity contribution in [3.05, 3.63) is 34.9 Å². The van der Waals surface area contributed by atoms with Crippen molar-refractivity contribution in [2.24, 2.45) is 0 Å². The van der Waals surface area contributed by atoms with Crippen LogP contribution in [0.5, 0.6) is 0 Å². The zero-order valence-corrected chi connectivity index (χ0v) is 15.5. The lowest BCUT2D eigenvalue weighted by atomic mass is 10.2. The van der Waals surface area contributed by atoms with Crippen LogP contribution in [0.3, 0.4) is 0 Å². The summed E-state index contributed by atoms with van der Waals surface area (Å²) in [4.78, 5) is 16.7. The maximum absolute atomic E-state index is 12.2. The molecular formula is C17H20BrN3OS. The molecule has 1 atom stereocenters. The van der Waals surface area contributed by atoms with Gasteiger partial charge in [0.1, 0.15) is 0 Å². The number of aromatic nitrogens is 2. The van der Waals surface area contributed by atoms with Crippen LogP contribution in [0.15, 0.2) is 40.1 Å². The SMILES string of the molecule is CCn1c(-c2ccc(Br)cc2)cnc1S[C@@H]1CCCCNC1=O. The predicted octanol–water partition coefficient (Wildman–Crippen LogP) is 4.09. The number of carbonyl (C=O) groups excluding carboxylic acids is 1. The largest absolute Gasteiger partial charge is 0.355 e. The minimum Gasteiger partial charge on any atom is -0.355 e. The number of amides is 1. The van der Waals surface area contributed by atoms with Gasteiger partial charge in [0.05, 0.1) is 17.1 Å². The molecule has 3 rings (SSSR count). The number of hydrogen-bond acceptors (Lipinski definition) is 3. The molecule has 1 aromatic carbocycles. The van der Waals surface area contributed by atoms with Crippen LogP contribution in [0.25, 0.3) is 11.3 Å². The topological polar surface area (TPSA) is 46.9 Å². The maximum Gasteiger partial charge on any atom is 0.233 e. The molecule has 1 fully saturated rings. The van der Waals surface area contributed by atoms with E-state index in [4.69, 9.17) is 0 Å². The van der Waals surface area contributed by atoms with Gasteiger partial charge in [0.15, 0.2) is 5.16 Å². The number of imidazole rings is 1. The zero-order chi connectivity index (χ0) is 16.2. The number of rotatable bonds is 4. The molecule has 1 aromatic heterocycles. The van der Waals surface area contributed by atoms with Gasteiger partial charge < -0.3 is 9.88 Å². The van der Waals surface area contributed by atoms with Crippen LogP contribution in [0.4, 0.5) is 0 Å². The highest BCUT2D eigenvalue weighted by Gasteiger charge is 2.24. The smallest absolute Gasteiger partial charge is 0.233 e. The highest BCUT2D eigenvalue weighted by atomic mass is 79.9. The van der Waals surface area contributed by atoms with Crippen molar-refractivity contribution >= 4 is 33.6 Å². The summed E-state index contributed by atoms with van der Waals surface area (Å²) in [5, 5.41) is 3.88. The second-order valence-electron chi connectivity index (χ2n) is 5.57. The van der Waals surface area contributed by atoms with Gasteiger partial charge in [-0.15, -0.1) is 0 Å². The van der Waals surface area contributed by atoms with Gasteiger partial charge in [-0.3, -0.25) is 4.79 Å². The molecule has 0 unspecified atom stereocenters. The first kappa shape index (κ1) is 16.6. The lowest BCUT2D eigenvalue weighted by Gasteiger charge is -2.14. The van der Waals surface area contributed by atoms with Crippen molar-refractivity contribution in [2.75, 3.05) is 6.54 Å². The quantitative estimate of drug-likeness (QED) is 0.850. The van der Waals surface area contributed by atoms with Gasteiger partial charge in [0.25, 0.3) is 0 Å². The van der Waals surface area contributed by atoms with Gasteiger partial charge in [0, 0.05) is 17.6 Å². The molecule has 1 saturated heterocycles. The molecule has 2 aromatic rings. The third-order valence-corrected chi connectivity index (χ3v) is 5.81. The molecule has 4 nitrogen and oxygen atoms in total. The van der Waals surface area contributed by atoms with E-state index < -0.39 is 0 Å². The molecule has 1 aliphatic heterocycles. The van der Waals surface area contributed by atoms with E-state index in [0.29, 0.717) is 0 Å². The highest BCUT2D eigenvalue weighted by Crippen LogP contribution is 2.31. The van der Waals surface area contributed by atoms with Gasteiger partial charge in [-0.05, 0) is 37.5 Å². The second-order valence-corrected chi connectivity index (χ2v) is 7.66. The lowest BCUT2D eigenvalue weighted by molar-refractivity contribution is -0.120. The minimum atomic E-state index is -0.0389. The number of halogens is 1. The first-order chi connectivity index (χ1) is 11.2. The molecule has 122 valence electrons. The summed E-state index contributed by atoms with van der Waals surface area (Å²) in [5.74, 6) is 0.142. The molecular weight excluding hydrogens is 374 g/mol. The summed E-state index contributed by atoms with van der Waals surface area (Å²) in [6.07, 6.45) is 4.97. The normalized spacial score (nSPS) is 18.5. The van der Waals surface area contributed by atoms with Crippen molar-refractivity contribution in [3.63, 3.8) is 0 Å². The fourth-order valence-corrected chi connectivity index (χ4v) is 4.22. The van der Waals surface area contributed by atoms with E-state index in [-0.39, 0.29) is 11.2 Å². The minimum absolute atomic E-state index is 0.0389. The van der Waals surface area contributed by atoms with Gasteiger partial charge in [-0.2, -0.15) is 0 Å². The third-order valence-electron chi connectivity index (χ3n) is 4.01. The molecule has 1 amide bonds. The molecule has 0 radical (unpaired) electrons. The van der Waals surface area contributed by atoms with Crippen molar-refractivity contribution in [1.82, 2.24) is 14.9 Å². The average Bonchev–Trinajstić information content (AvgIpc) is 2.85. The summed E-state index contributed by atoms with van der Waals surface area (Å²) in [5.41, 5.74) is 2.23. The fraction of sp³-hybridized carbons (Fsp3) is 0.412. The molecule has 23 heavy (non-hydrogen) atoms. The molecule has 1 aliphatic rings. The van der Waals surface area contributed by atoms with E-state index in [2.05, 4.69) is 49.9 Å². The fourth-order valence-electron chi connectivity index (χ4n) is 2.76. The Kier molecular flexibility index (Phi) is 5.43. The number of hydrogen-bond donors (Lipinski definition) is 1. The molecule has 1 N–H and O–H groups in total. The molecule has 0 aliphatic carbocycles. The molecule has 0 saturated carbocycles. The second kappa shape index (κ2) is 7.53. The van der Waals surface area contributed by atoms with Crippen LogP contribution in [0.1, 0.15) is 26.2 Å². The molecule has 0 bridgehead atoms. The number of thioether (sulfide) groups is 1.